The SMILES string of the molecule is Cc1ccc(O)c(C(=O)CCN=[N+]=[N-])c1. The number of phenolic OH excluding ortho intramolecular Hbond substituents is 1. The Kier molecular flexibility index (Phi) is 3.71. The number of phenols is 1. The standard InChI is InChI=1S/C10H11N3O2/c1-7-2-3-9(14)8(6-7)10(15)4-5-12-13-11/h2-3,6,14H,4-5H2,1H3. The van der Waals surface area contributed by atoms with Gasteiger partial charge in [0, 0.05) is 17.9 Å². The maximum absolute atomic E-state index is 11.5. The topological polar surface area (TPSA) is 86.1 Å². The quantitative estimate of drug-likeness (QED) is 0.354. The molecule has 0 saturated heterocycles. The van der Waals surface area contributed by atoms with Gasteiger partial charge in [0.2, 0.25) is 0 Å². The number of benzene rings is 1. The van der Waals surface area contributed by atoms with Gasteiger partial charge in [-0.2, -0.15) is 0 Å². The lowest BCUT2D eigenvalue weighted by molar-refractivity contribution is 0.0983. The first-order chi connectivity index (χ1) is 7.15. The third kappa shape index (κ3) is 3.00. The summed E-state index contributed by atoms with van der Waals surface area (Å²) in [5.41, 5.74) is 9.23. The second kappa shape index (κ2) is 5.02. The van der Waals surface area contributed by atoms with Crippen LogP contribution >= 0.6 is 0 Å². The van der Waals surface area contributed by atoms with Gasteiger partial charge in [0.05, 0.1) is 5.56 Å². The number of aromatic hydroxyl groups is 1. The van der Waals surface area contributed by atoms with Gasteiger partial charge < -0.3 is 5.11 Å². The van der Waals surface area contributed by atoms with Crippen molar-refractivity contribution >= 4 is 5.78 Å². The average molecular weight is 205 g/mol. The van der Waals surface area contributed by atoms with Gasteiger partial charge in [-0.3, -0.25) is 4.79 Å². The predicted molar refractivity (Wildman–Crippen MR) is 55.8 cm³/mol. The van der Waals surface area contributed by atoms with Crippen LogP contribution in [0, 0.1) is 6.92 Å². The van der Waals surface area contributed by atoms with Crippen LogP contribution in [-0.2, 0) is 0 Å². The Morgan fingerprint density at radius 3 is 3.00 bits per heavy atom. The Morgan fingerprint density at radius 1 is 1.60 bits per heavy atom. The first-order valence-corrected chi connectivity index (χ1v) is 4.49. The van der Waals surface area contributed by atoms with E-state index >= 15 is 0 Å². The summed E-state index contributed by atoms with van der Waals surface area (Å²) in [6.45, 7) is 1.95. The molecule has 0 bridgehead atoms. The molecule has 0 fully saturated rings. The predicted octanol–water partition coefficient (Wildman–Crippen LogP) is 2.58. The van der Waals surface area contributed by atoms with E-state index in [0.717, 1.165) is 5.56 Å². The number of nitrogens with zero attached hydrogens (tertiary/aromatic N) is 3. The van der Waals surface area contributed by atoms with E-state index in [4.69, 9.17) is 5.53 Å². The highest BCUT2D eigenvalue weighted by Crippen LogP contribution is 2.19. The lowest BCUT2D eigenvalue weighted by Gasteiger charge is -2.03. The van der Waals surface area contributed by atoms with Crippen molar-refractivity contribution in [2.75, 3.05) is 6.54 Å². The molecular weight excluding hydrogens is 194 g/mol. The molecule has 0 saturated carbocycles. The Bertz CT molecular complexity index is 423. The average Bonchev–Trinajstić information content (AvgIpc) is 2.22. The molecule has 1 N–H and O–H groups in total. The van der Waals surface area contributed by atoms with Crippen LogP contribution in [-0.4, -0.2) is 17.4 Å². The third-order valence-electron chi connectivity index (χ3n) is 1.95. The third-order valence-corrected chi connectivity index (χ3v) is 1.95. The molecule has 78 valence electrons. The van der Waals surface area contributed by atoms with Gasteiger partial charge in [-0.15, -0.1) is 0 Å². The van der Waals surface area contributed by atoms with Crippen LogP contribution in [0.15, 0.2) is 23.3 Å². The molecule has 0 unspecified atom stereocenters. The molecule has 5 nitrogen and oxygen atoms in total. The number of carbonyl (C=O) groups is 1. The van der Waals surface area contributed by atoms with E-state index < -0.39 is 0 Å². The molecule has 1 aromatic carbocycles. The van der Waals surface area contributed by atoms with Gasteiger partial charge in [0.1, 0.15) is 5.75 Å². The van der Waals surface area contributed by atoms with Crippen molar-refractivity contribution in [3.63, 3.8) is 0 Å². The van der Waals surface area contributed by atoms with Crippen LogP contribution in [0.5, 0.6) is 5.75 Å². The van der Waals surface area contributed by atoms with Crippen molar-refractivity contribution < 1.29 is 9.90 Å². The molecule has 1 rings (SSSR count). The molecule has 0 aliphatic heterocycles. The van der Waals surface area contributed by atoms with Crippen LogP contribution in [0.2, 0.25) is 0 Å². The fourth-order valence-corrected chi connectivity index (χ4v) is 1.20. The molecule has 0 heterocycles. The molecule has 0 spiro atoms. The van der Waals surface area contributed by atoms with Crippen molar-refractivity contribution in [3.8, 4) is 5.75 Å². The van der Waals surface area contributed by atoms with Gasteiger partial charge in [0.25, 0.3) is 0 Å². The minimum atomic E-state index is -0.219. The summed E-state index contributed by atoms with van der Waals surface area (Å²) in [5.74, 6) is -0.255. The monoisotopic (exact) mass is 205 g/mol. The largest absolute Gasteiger partial charge is 0.507 e. The summed E-state index contributed by atoms with van der Waals surface area (Å²) in [5, 5.41) is 12.7. The molecule has 0 aliphatic carbocycles. The second-order valence-corrected chi connectivity index (χ2v) is 3.15. The Morgan fingerprint density at radius 2 is 2.33 bits per heavy atom. The number of aryl methyl sites for hydroxylation is 1. The summed E-state index contributed by atoms with van der Waals surface area (Å²) in [7, 11) is 0. The minimum absolute atomic E-state index is 0.0356. The first-order valence-electron chi connectivity index (χ1n) is 4.49. The highest BCUT2D eigenvalue weighted by molar-refractivity contribution is 5.98. The number of azide groups is 1. The maximum Gasteiger partial charge on any atom is 0.166 e. The van der Waals surface area contributed by atoms with E-state index in [1.807, 2.05) is 6.92 Å². The maximum atomic E-state index is 11.5. The fourth-order valence-electron chi connectivity index (χ4n) is 1.20. The van der Waals surface area contributed by atoms with Crippen molar-refractivity contribution in [2.45, 2.75) is 13.3 Å². The first kappa shape index (κ1) is 11.1. The summed E-state index contributed by atoms with van der Waals surface area (Å²) in [6.07, 6.45) is 0.112. The lowest BCUT2D eigenvalue weighted by atomic mass is 10.0. The van der Waals surface area contributed by atoms with E-state index in [2.05, 4.69) is 10.0 Å². The number of hydrogen-bond acceptors (Lipinski definition) is 3. The van der Waals surface area contributed by atoms with Crippen LogP contribution < -0.4 is 0 Å². The number of ketones is 1. The van der Waals surface area contributed by atoms with Gasteiger partial charge in [-0.05, 0) is 24.6 Å². The summed E-state index contributed by atoms with van der Waals surface area (Å²) in [4.78, 5) is 14.1. The van der Waals surface area contributed by atoms with E-state index in [-0.39, 0.29) is 30.1 Å². The van der Waals surface area contributed by atoms with Gasteiger partial charge in [-0.1, -0.05) is 16.7 Å². The Labute approximate surface area is 87.0 Å². The normalized spacial score (nSPS) is 9.40. The number of Topliss-reactive ketones (excluding diaryl/α,β-unsaturated/α-hetero) is 1. The molecule has 15 heavy (non-hydrogen) atoms. The van der Waals surface area contributed by atoms with Crippen molar-refractivity contribution in [1.29, 1.82) is 0 Å². The highest BCUT2D eigenvalue weighted by Gasteiger charge is 2.10. The summed E-state index contributed by atoms with van der Waals surface area (Å²) in [6, 6.07) is 4.82. The number of hydrogen-bond donors (Lipinski definition) is 1. The zero-order chi connectivity index (χ0) is 11.3. The molecule has 0 atom stereocenters. The second-order valence-electron chi connectivity index (χ2n) is 3.15. The summed E-state index contributed by atoms with van der Waals surface area (Å²) < 4.78 is 0. The molecule has 1 aromatic rings. The van der Waals surface area contributed by atoms with Crippen molar-refractivity contribution in [1.82, 2.24) is 0 Å². The molecule has 0 aromatic heterocycles. The lowest BCUT2D eigenvalue weighted by Crippen LogP contribution is -2.01. The van der Waals surface area contributed by atoms with Crippen LogP contribution in [0.25, 0.3) is 10.4 Å². The van der Waals surface area contributed by atoms with Crippen LogP contribution in [0.3, 0.4) is 0 Å². The molecular formula is C10H11N3O2. The number of rotatable bonds is 4. The van der Waals surface area contributed by atoms with E-state index in [1.54, 1.807) is 12.1 Å². The van der Waals surface area contributed by atoms with Crippen molar-refractivity contribution in [2.24, 2.45) is 5.11 Å². The van der Waals surface area contributed by atoms with Crippen LogP contribution in [0.4, 0.5) is 0 Å². The van der Waals surface area contributed by atoms with Crippen molar-refractivity contribution in [3.05, 3.63) is 39.8 Å². The number of carbonyl (C=O) groups excluding carboxylic acids is 1. The Balaban J connectivity index is 2.81. The summed E-state index contributed by atoms with van der Waals surface area (Å²) >= 11 is 0. The smallest absolute Gasteiger partial charge is 0.166 e. The van der Waals surface area contributed by atoms with Gasteiger partial charge in [0.15, 0.2) is 5.78 Å². The fraction of sp³-hybridized carbons (Fsp3) is 0.300. The van der Waals surface area contributed by atoms with E-state index in [1.165, 1.54) is 6.07 Å². The highest BCUT2D eigenvalue weighted by atomic mass is 16.3. The van der Waals surface area contributed by atoms with E-state index in [9.17, 15) is 9.90 Å². The van der Waals surface area contributed by atoms with Crippen LogP contribution in [0.1, 0.15) is 22.3 Å². The Hall–Kier alpha value is -2.00. The molecule has 0 radical (unpaired) electrons. The zero-order valence-corrected chi connectivity index (χ0v) is 8.34. The zero-order valence-electron chi connectivity index (χ0n) is 8.34. The molecule has 0 amide bonds. The van der Waals surface area contributed by atoms with E-state index in [0.29, 0.717) is 0 Å². The van der Waals surface area contributed by atoms with Gasteiger partial charge in [-0.25, -0.2) is 0 Å². The molecule has 0 aliphatic rings. The molecule has 5 heteroatoms. The van der Waals surface area contributed by atoms with Gasteiger partial charge >= 0.3 is 0 Å². The minimum Gasteiger partial charge on any atom is -0.507 e.